The highest BCUT2D eigenvalue weighted by Crippen LogP contribution is 2.17. The number of carbonyl (C=O) groups is 1. The van der Waals surface area contributed by atoms with Gasteiger partial charge < -0.3 is 5.32 Å². The van der Waals surface area contributed by atoms with E-state index >= 15 is 0 Å². The number of unbranched alkanes of at least 4 members (excludes halogenated alkanes) is 1. The summed E-state index contributed by atoms with van der Waals surface area (Å²) in [5.41, 5.74) is 2.03. The minimum Gasteiger partial charge on any atom is -0.338 e. The highest BCUT2D eigenvalue weighted by atomic mass is 16.2. The second-order valence-electron chi connectivity index (χ2n) is 4.99. The Morgan fingerprint density at radius 3 is 2.24 bits per heavy atom. The lowest BCUT2D eigenvalue weighted by molar-refractivity contribution is 0.246. The number of hydrogen-bond acceptors (Lipinski definition) is 1. The predicted octanol–water partition coefficient (Wildman–Crippen LogP) is 4.20. The molecule has 0 aliphatic heterocycles. The van der Waals surface area contributed by atoms with E-state index in [1.807, 2.05) is 60.7 Å². The van der Waals surface area contributed by atoms with Gasteiger partial charge in [0.05, 0.1) is 6.54 Å². The minimum absolute atomic E-state index is 0.0431. The number of anilines is 1. The standard InChI is InChI=1S/C18H22N2O/c1-2-3-14-19-18(21)20(17-12-8-5-9-13-17)15-16-10-6-4-7-11-16/h4-13H,2-3,14-15H2,1H3,(H,19,21). The monoisotopic (exact) mass is 282 g/mol. The van der Waals surface area contributed by atoms with Crippen molar-refractivity contribution in [3.8, 4) is 0 Å². The highest BCUT2D eigenvalue weighted by Gasteiger charge is 2.15. The van der Waals surface area contributed by atoms with Gasteiger partial charge in [-0.2, -0.15) is 0 Å². The number of nitrogens with one attached hydrogen (secondary N) is 1. The van der Waals surface area contributed by atoms with Gasteiger partial charge in [-0.25, -0.2) is 4.79 Å². The zero-order valence-electron chi connectivity index (χ0n) is 12.5. The molecule has 1 N–H and O–H groups in total. The molecule has 0 heterocycles. The molecule has 0 atom stereocenters. The fraction of sp³-hybridized carbons (Fsp3) is 0.278. The first-order valence-electron chi connectivity index (χ1n) is 7.45. The van der Waals surface area contributed by atoms with Crippen molar-refractivity contribution in [2.45, 2.75) is 26.3 Å². The molecule has 0 radical (unpaired) electrons. The number of nitrogens with zero attached hydrogens (tertiary/aromatic N) is 1. The molecule has 0 aliphatic carbocycles. The summed E-state index contributed by atoms with van der Waals surface area (Å²) in [4.78, 5) is 14.2. The highest BCUT2D eigenvalue weighted by molar-refractivity contribution is 5.91. The third-order valence-electron chi connectivity index (χ3n) is 3.30. The molecule has 0 saturated carbocycles. The molecule has 3 nitrogen and oxygen atoms in total. The zero-order valence-corrected chi connectivity index (χ0v) is 12.5. The van der Waals surface area contributed by atoms with Crippen molar-refractivity contribution in [3.05, 3.63) is 66.2 Å². The third kappa shape index (κ3) is 4.63. The van der Waals surface area contributed by atoms with Crippen molar-refractivity contribution in [2.24, 2.45) is 0 Å². The molecule has 2 rings (SSSR count). The van der Waals surface area contributed by atoms with Crippen LogP contribution in [0, 0.1) is 0 Å². The fourth-order valence-electron chi connectivity index (χ4n) is 2.12. The van der Waals surface area contributed by atoms with Crippen LogP contribution in [0.4, 0.5) is 10.5 Å². The van der Waals surface area contributed by atoms with Crippen LogP contribution < -0.4 is 10.2 Å². The molecule has 2 aromatic carbocycles. The van der Waals surface area contributed by atoms with Crippen molar-refractivity contribution in [3.63, 3.8) is 0 Å². The normalized spacial score (nSPS) is 10.1. The van der Waals surface area contributed by atoms with E-state index in [9.17, 15) is 4.79 Å². The Morgan fingerprint density at radius 2 is 1.62 bits per heavy atom. The second kappa shape index (κ2) is 8.10. The largest absolute Gasteiger partial charge is 0.338 e. The van der Waals surface area contributed by atoms with Crippen LogP contribution in [0.1, 0.15) is 25.3 Å². The van der Waals surface area contributed by atoms with Crippen molar-refractivity contribution < 1.29 is 4.79 Å². The van der Waals surface area contributed by atoms with E-state index in [-0.39, 0.29) is 6.03 Å². The molecule has 0 unspecified atom stereocenters. The van der Waals surface area contributed by atoms with Crippen LogP contribution in [-0.4, -0.2) is 12.6 Å². The first-order valence-corrected chi connectivity index (χ1v) is 7.45. The number of para-hydroxylation sites is 1. The number of amides is 2. The van der Waals surface area contributed by atoms with Gasteiger partial charge in [-0.3, -0.25) is 4.90 Å². The number of urea groups is 1. The number of rotatable bonds is 6. The van der Waals surface area contributed by atoms with Crippen molar-refractivity contribution >= 4 is 11.7 Å². The molecule has 2 amide bonds. The van der Waals surface area contributed by atoms with Crippen molar-refractivity contribution in [2.75, 3.05) is 11.4 Å². The summed E-state index contributed by atoms with van der Waals surface area (Å²) in [6.45, 7) is 3.40. The van der Waals surface area contributed by atoms with Crippen LogP contribution in [0.3, 0.4) is 0 Å². The lowest BCUT2D eigenvalue weighted by Gasteiger charge is -2.23. The van der Waals surface area contributed by atoms with Gasteiger partial charge in [0.2, 0.25) is 0 Å². The van der Waals surface area contributed by atoms with Crippen molar-refractivity contribution in [1.29, 1.82) is 0 Å². The van der Waals surface area contributed by atoms with Gasteiger partial charge in [0, 0.05) is 12.2 Å². The summed E-state index contributed by atoms with van der Waals surface area (Å²) in [7, 11) is 0. The summed E-state index contributed by atoms with van der Waals surface area (Å²) >= 11 is 0. The van der Waals surface area contributed by atoms with Crippen molar-refractivity contribution in [1.82, 2.24) is 5.32 Å². The lowest BCUT2D eigenvalue weighted by Crippen LogP contribution is -2.40. The van der Waals surface area contributed by atoms with Gasteiger partial charge in [-0.15, -0.1) is 0 Å². The van der Waals surface area contributed by atoms with Gasteiger partial charge in [0.15, 0.2) is 0 Å². The molecule has 2 aromatic rings. The Morgan fingerprint density at radius 1 is 1.00 bits per heavy atom. The van der Waals surface area contributed by atoms with E-state index in [0.29, 0.717) is 13.1 Å². The molecule has 0 spiro atoms. The zero-order chi connectivity index (χ0) is 14.9. The summed E-state index contributed by atoms with van der Waals surface area (Å²) in [6.07, 6.45) is 2.07. The van der Waals surface area contributed by atoms with Crippen LogP contribution in [0.15, 0.2) is 60.7 Å². The van der Waals surface area contributed by atoms with E-state index < -0.39 is 0 Å². The Hall–Kier alpha value is -2.29. The summed E-state index contributed by atoms with van der Waals surface area (Å²) < 4.78 is 0. The van der Waals surface area contributed by atoms with E-state index in [1.165, 1.54) is 0 Å². The van der Waals surface area contributed by atoms with Crippen LogP contribution >= 0.6 is 0 Å². The topological polar surface area (TPSA) is 32.3 Å². The fourth-order valence-corrected chi connectivity index (χ4v) is 2.12. The molecular weight excluding hydrogens is 260 g/mol. The second-order valence-corrected chi connectivity index (χ2v) is 4.99. The average molecular weight is 282 g/mol. The smallest absolute Gasteiger partial charge is 0.322 e. The Bertz CT molecular complexity index is 540. The summed E-state index contributed by atoms with van der Waals surface area (Å²) in [5.74, 6) is 0. The maximum Gasteiger partial charge on any atom is 0.322 e. The molecular formula is C18H22N2O. The van der Waals surface area contributed by atoms with Gasteiger partial charge >= 0.3 is 6.03 Å². The van der Waals surface area contributed by atoms with Crippen LogP contribution in [0.2, 0.25) is 0 Å². The first kappa shape index (κ1) is 15.1. The molecule has 0 saturated heterocycles. The maximum atomic E-state index is 12.4. The van der Waals surface area contributed by atoms with Gasteiger partial charge in [-0.05, 0) is 24.1 Å². The van der Waals surface area contributed by atoms with Gasteiger partial charge in [0.25, 0.3) is 0 Å². The average Bonchev–Trinajstić information content (AvgIpc) is 2.54. The SMILES string of the molecule is CCCCNC(=O)N(Cc1ccccc1)c1ccccc1. The van der Waals surface area contributed by atoms with Gasteiger partial charge in [-0.1, -0.05) is 61.9 Å². The summed E-state index contributed by atoms with van der Waals surface area (Å²) in [6, 6.07) is 19.8. The molecule has 3 heteroatoms. The Kier molecular flexibility index (Phi) is 5.83. The lowest BCUT2D eigenvalue weighted by atomic mass is 10.2. The number of carbonyl (C=O) groups excluding carboxylic acids is 1. The molecule has 0 fully saturated rings. The van der Waals surface area contributed by atoms with Crippen LogP contribution in [0.5, 0.6) is 0 Å². The van der Waals surface area contributed by atoms with E-state index in [2.05, 4.69) is 12.2 Å². The first-order chi connectivity index (χ1) is 10.3. The predicted molar refractivity (Wildman–Crippen MR) is 87.4 cm³/mol. The summed E-state index contributed by atoms with van der Waals surface area (Å²) in [5, 5.41) is 2.99. The quantitative estimate of drug-likeness (QED) is 0.791. The molecule has 0 bridgehead atoms. The third-order valence-corrected chi connectivity index (χ3v) is 3.30. The minimum atomic E-state index is -0.0431. The Labute approximate surface area is 126 Å². The maximum absolute atomic E-state index is 12.4. The van der Waals surface area contributed by atoms with E-state index in [1.54, 1.807) is 4.90 Å². The van der Waals surface area contributed by atoms with Gasteiger partial charge in [0.1, 0.15) is 0 Å². The molecule has 21 heavy (non-hydrogen) atoms. The van der Waals surface area contributed by atoms with E-state index in [0.717, 1.165) is 24.1 Å². The van der Waals surface area contributed by atoms with E-state index in [4.69, 9.17) is 0 Å². The number of benzene rings is 2. The van der Waals surface area contributed by atoms with Crippen LogP contribution in [-0.2, 0) is 6.54 Å². The van der Waals surface area contributed by atoms with Crippen LogP contribution in [0.25, 0.3) is 0 Å². The number of hydrogen-bond donors (Lipinski definition) is 1. The molecule has 110 valence electrons. The Balaban J connectivity index is 2.12. The molecule has 0 aromatic heterocycles. The molecule has 0 aliphatic rings.